The second kappa shape index (κ2) is 11.6. The zero-order valence-electron chi connectivity index (χ0n) is 19.8. The molecule has 4 rings (SSSR count). The van der Waals surface area contributed by atoms with Crippen LogP contribution in [0.5, 0.6) is 28.7 Å². The lowest BCUT2D eigenvalue weighted by Gasteiger charge is -2.15. The van der Waals surface area contributed by atoms with Crippen molar-refractivity contribution in [3.63, 3.8) is 0 Å². The molecule has 0 heterocycles. The molecule has 6 heteroatoms. The van der Waals surface area contributed by atoms with E-state index in [1.54, 1.807) is 24.3 Å². The van der Waals surface area contributed by atoms with E-state index >= 15 is 0 Å². The van der Waals surface area contributed by atoms with Crippen LogP contribution in [0.2, 0.25) is 0 Å². The van der Waals surface area contributed by atoms with Crippen LogP contribution in [-0.4, -0.2) is 23.1 Å². The molecule has 2 N–H and O–H groups in total. The van der Waals surface area contributed by atoms with Crippen LogP contribution in [0.3, 0.4) is 0 Å². The van der Waals surface area contributed by atoms with Gasteiger partial charge in [-0.15, -0.1) is 0 Å². The summed E-state index contributed by atoms with van der Waals surface area (Å²) in [6.07, 6.45) is 2.91. The summed E-state index contributed by atoms with van der Waals surface area (Å²) in [4.78, 5) is 13.1. The van der Waals surface area contributed by atoms with Crippen molar-refractivity contribution in [2.24, 2.45) is 0 Å². The summed E-state index contributed by atoms with van der Waals surface area (Å²) in [6, 6.07) is 26.9. The number of benzene rings is 4. The first-order valence-electron chi connectivity index (χ1n) is 11.3. The molecule has 0 bridgehead atoms. The summed E-state index contributed by atoms with van der Waals surface area (Å²) in [5.41, 5.74) is 2.56. The maximum Gasteiger partial charge on any atom is 0.193 e. The van der Waals surface area contributed by atoms with Crippen molar-refractivity contribution in [2.45, 2.75) is 13.2 Å². The van der Waals surface area contributed by atoms with Gasteiger partial charge in [-0.05, 0) is 34.9 Å². The van der Waals surface area contributed by atoms with Crippen LogP contribution in [0.1, 0.15) is 27.0 Å². The van der Waals surface area contributed by atoms with Gasteiger partial charge in [0, 0.05) is 12.1 Å². The van der Waals surface area contributed by atoms with E-state index in [-0.39, 0.29) is 29.4 Å². The SMILES string of the molecule is COc1cc(C=CC(=O)c2c(O)cc(OCc3ccccc3)cc2OCc2ccccc2)ccc1O. The van der Waals surface area contributed by atoms with Gasteiger partial charge in [0.25, 0.3) is 0 Å². The molecule has 0 radical (unpaired) electrons. The van der Waals surface area contributed by atoms with E-state index in [1.807, 2.05) is 60.7 Å². The van der Waals surface area contributed by atoms with E-state index in [1.165, 1.54) is 25.3 Å². The Kier molecular flexibility index (Phi) is 7.88. The molecule has 0 aliphatic rings. The minimum absolute atomic E-state index is 0.00121. The number of methoxy groups -OCH3 is 1. The molecule has 0 saturated heterocycles. The number of ether oxygens (including phenoxy) is 3. The van der Waals surface area contributed by atoms with Crippen molar-refractivity contribution in [1.29, 1.82) is 0 Å². The molecule has 36 heavy (non-hydrogen) atoms. The predicted molar refractivity (Wildman–Crippen MR) is 138 cm³/mol. The largest absolute Gasteiger partial charge is 0.507 e. The first kappa shape index (κ1) is 24.4. The smallest absolute Gasteiger partial charge is 0.193 e. The van der Waals surface area contributed by atoms with Crippen LogP contribution in [-0.2, 0) is 13.2 Å². The Morgan fingerprint density at radius 3 is 2.03 bits per heavy atom. The normalized spacial score (nSPS) is 10.8. The molecule has 0 fully saturated rings. The Hall–Kier alpha value is -4.71. The number of ketones is 1. The molecule has 0 aliphatic carbocycles. The van der Waals surface area contributed by atoms with Gasteiger partial charge in [0.15, 0.2) is 17.3 Å². The second-order valence-electron chi connectivity index (χ2n) is 7.99. The van der Waals surface area contributed by atoms with E-state index < -0.39 is 5.78 Å². The van der Waals surface area contributed by atoms with Crippen LogP contribution in [0.15, 0.2) is 97.1 Å². The number of carbonyl (C=O) groups excluding carboxylic acids is 1. The van der Waals surface area contributed by atoms with Gasteiger partial charge < -0.3 is 24.4 Å². The average Bonchev–Trinajstić information content (AvgIpc) is 2.91. The summed E-state index contributed by atoms with van der Waals surface area (Å²) in [7, 11) is 1.45. The molecule has 0 spiro atoms. The Labute approximate surface area is 209 Å². The van der Waals surface area contributed by atoms with E-state index in [9.17, 15) is 15.0 Å². The molecule has 182 valence electrons. The summed E-state index contributed by atoms with van der Waals surface area (Å²) < 4.78 is 16.9. The molecule has 4 aromatic rings. The Balaban J connectivity index is 1.60. The lowest BCUT2D eigenvalue weighted by molar-refractivity contribution is 0.104. The standard InChI is InChI=1S/C30H26O6/c1-34-28-16-21(12-14-25(28)31)13-15-26(32)30-27(33)17-24(35-19-22-8-4-2-5-9-22)18-29(30)36-20-23-10-6-3-7-11-23/h2-18,31,33H,19-20H2,1H3. The number of allylic oxidation sites excluding steroid dienone is 1. The molecule has 0 saturated carbocycles. The van der Waals surface area contributed by atoms with Gasteiger partial charge in [-0.1, -0.05) is 72.8 Å². The first-order chi connectivity index (χ1) is 17.5. The fourth-order valence-electron chi connectivity index (χ4n) is 3.55. The third-order valence-electron chi connectivity index (χ3n) is 5.42. The summed E-state index contributed by atoms with van der Waals surface area (Å²) >= 11 is 0. The van der Waals surface area contributed by atoms with Gasteiger partial charge in [0.2, 0.25) is 0 Å². The van der Waals surface area contributed by atoms with E-state index in [0.29, 0.717) is 23.7 Å². The van der Waals surface area contributed by atoms with Crippen LogP contribution in [0, 0.1) is 0 Å². The fraction of sp³-hybridized carbons (Fsp3) is 0.100. The molecule has 0 aliphatic heterocycles. The highest BCUT2D eigenvalue weighted by molar-refractivity contribution is 6.10. The summed E-state index contributed by atoms with van der Waals surface area (Å²) in [5, 5.41) is 20.6. The van der Waals surface area contributed by atoms with E-state index in [2.05, 4.69) is 0 Å². The number of phenols is 2. The number of rotatable bonds is 10. The van der Waals surface area contributed by atoms with E-state index in [0.717, 1.165) is 11.1 Å². The third kappa shape index (κ3) is 6.24. The summed E-state index contributed by atoms with van der Waals surface area (Å²) in [6.45, 7) is 0.510. The number of carbonyl (C=O) groups is 1. The zero-order chi connectivity index (χ0) is 25.3. The number of aromatic hydroxyl groups is 2. The molecular formula is C30H26O6. The average molecular weight is 483 g/mol. The van der Waals surface area contributed by atoms with Crippen LogP contribution in [0.25, 0.3) is 6.08 Å². The van der Waals surface area contributed by atoms with Gasteiger partial charge in [-0.2, -0.15) is 0 Å². The van der Waals surface area contributed by atoms with Crippen LogP contribution >= 0.6 is 0 Å². The van der Waals surface area contributed by atoms with Gasteiger partial charge in [-0.3, -0.25) is 4.79 Å². The number of phenolic OH excluding ortho intramolecular Hbond substituents is 2. The minimum atomic E-state index is -0.447. The van der Waals surface area contributed by atoms with E-state index in [4.69, 9.17) is 14.2 Å². The van der Waals surface area contributed by atoms with Crippen molar-refractivity contribution < 1.29 is 29.2 Å². The van der Waals surface area contributed by atoms with Crippen molar-refractivity contribution in [2.75, 3.05) is 7.11 Å². The molecule has 6 nitrogen and oxygen atoms in total. The second-order valence-corrected chi connectivity index (χ2v) is 7.99. The quantitative estimate of drug-likeness (QED) is 0.208. The molecule has 0 aromatic heterocycles. The van der Waals surface area contributed by atoms with Gasteiger partial charge >= 0.3 is 0 Å². The van der Waals surface area contributed by atoms with Crippen molar-refractivity contribution in [3.8, 4) is 28.7 Å². The first-order valence-corrected chi connectivity index (χ1v) is 11.3. The lowest BCUT2D eigenvalue weighted by Crippen LogP contribution is -2.04. The lowest BCUT2D eigenvalue weighted by atomic mass is 10.1. The maximum absolute atomic E-state index is 13.1. The molecule has 0 unspecified atom stereocenters. The van der Waals surface area contributed by atoms with Gasteiger partial charge in [0.05, 0.1) is 7.11 Å². The highest BCUT2D eigenvalue weighted by atomic mass is 16.5. The molecule has 0 atom stereocenters. The predicted octanol–water partition coefficient (Wildman–Crippen LogP) is 6.16. The maximum atomic E-state index is 13.1. The Bertz CT molecular complexity index is 1350. The molecule has 0 amide bonds. The topological polar surface area (TPSA) is 85.2 Å². The fourth-order valence-corrected chi connectivity index (χ4v) is 3.55. The van der Waals surface area contributed by atoms with Crippen molar-refractivity contribution >= 4 is 11.9 Å². The molecular weight excluding hydrogens is 456 g/mol. The van der Waals surface area contributed by atoms with Crippen molar-refractivity contribution in [3.05, 3.63) is 119 Å². The van der Waals surface area contributed by atoms with Gasteiger partial charge in [0.1, 0.15) is 36.0 Å². The monoisotopic (exact) mass is 482 g/mol. The highest BCUT2D eigenvalue weighted by Crippen LogP contribution is 2.35. The highest BCUT2D eigenvalue weighted by Gasteiger charge is 2.19. The Morgan fingerprint density at radius 2 is 1.39 bits per heavy atom. The minimum Gasteiger partial charge on any atom is -0.507 e. The third-order valence-corrected chi connectivity index (χ3v) is 5.42. The number of hydrogen-bond acceptors (Lipinski definition) is 6. The summed E-state index contributed by atoms with van der Waals surface area (Å²) in [5.74, 6) is 0.183. The Morgan fingerprint density at radius 1 is 0.750 bits per heavy atom. The molecule has 4 aromatic carbocycles. The van der Waals surface area contributed by atoms with Gasteiger partial charge in [-0.25, -0.2) is 0 Å². The van der Waals surface area contributed by atoms with Crippen LogP contribution < -0.4 is 14.2 Å². The zero-order valence-corrected chi connectivity index (χ0v) is 19.8. The van der Waals surface area contributed by atoms with Crippen molar-refractivity contribution in [1.82, 2.24) is 0 Å². The number of hydrogen-bond donors (Lipinski definition) is 2. The van der Waals surface area contributed by atoms with Crippen LogP contribution in [0.4, 0.5) is 0 Å².